The van der Waals surface area contributed by atoms with Crippen LogP contribution in [0.3, 0.4) is 0 Å². The van der Waals surface area contributed by atoms with E-state index >= 15 is 0 Å². The number of piperidine rings is 2. The summed E-state index contributed by atoms with van der Waals surface area (Å²) in [6.07, 6.45) is 15.3. The zero-order valence-electron chi connectivity index (χ0n) is 34.6. The molecule has 2 aliphatic heterocycles. The van der Waals surface area contributed by atoms with Crippen LogP contribution in [0, 0.1) is 0 Å². The topological polar surface area (TPSA) is 159 Å². The molecule has 0 unspecified atom stereocenters. The summed E-state index contributed by atoms with van der Waals surface area (Å²) in [6.45, 7) is 21.2. The van der Waals surface area contributed by atoms with E-state index in [1.54, 1.807) is 0 Å². The molecule has 1 N–H and O–H groups in total. The molecule has 11 heteroatoms. The number of aliphatic imine (C=N–C) groups is 2. The van der Waals surface area contributed by atoms with Crippen LogP contribution >= 0.6 is 0 Å². The number of hydrogen-bond acceptors (Lipinski definition) is 9. The Hall–Kier alpha value is -3.25. The Morgan fingerprint density at radius 3 is 1.53 bits per heavy atom. The van der Waals surface area contributed by atoms with Gasteiger partial charge in [-0.15, -0.1) is 0 Å². The summed E-state index contributed by atoms with van der Waals surface area (Å²) < 4.78 is 0. The van der Waals surface area contributed by atoms with Crippen LogP contribution in [0.15, 0.2) is 34.3 Å². The van der Waals surface area contributed by atoms with E-state index in [0.717, 1.165) is 83.4 Å². The van der Waals surface area contributed by atoms with Gasteiger partial charge in [0.2, 0.25) is 0 Å². The molecule has 10 nitrogen and oxygen atoms in total. The van der Waals surface area contributed by atoms with E-state index in [2.05, 4.69) is 70.7 Å². The summed E-state index contributed by atoms with van der Waals surface area (Å²) in [6, 6.07) is 8.42. The average Bonchev–Trinajstić information content (AvgIpc) is 3.09. The summed E-state index contributed by atoms with van der Waals surface area (Å²) in [5.41, 5.74) is 5.47. The summed E-state index contributed by atoms with van der Waals surface area (Å²) in [4.78, 5) is 31.8. The molecular weight excluding hydrogens is 739 g/mol. The van der Waals surface area contributed by atoms with Gasteiger partial charge in [-0.3, -0.25) is 14.9 Å². The molecule has 2 aromatic carbocycles. The quantitative estimate of drug-likeness (QED) is 0.401. The van der Waals surface area contributed by atoms with Crippen LogP contribution in [0.1, 0.15) is 153 Å². The fourth-order valence-corrected chi connectivity index (χ4v) is 7.38. The Balaban J connectivity index is 0.00000106. The number of carbonyl (C=O) groups excluding carboxylic acids is 2. The minimum Gasteiger partial charge on any atom is -0.872 e. The number of rotatable bonds is 8. The molecule has 0 aromatic heterocycles. The van der Waals surface area contributed by atoms with Crippen molar-refractivity contribution >= 4 is 24.4 Å². The van der Waals surface area contributed by atoms with Crippen LogP contribution in [-0.2, 0) is 50.3 Å². The third-order valence-electron chi connectivity index (χ3n) is 10.5. The molecule has 3 fully saturated rings. The summed E-state index contributed by atoms with van der Waals surface area (Å²) in [7, 11) is 0. The first-order valence-electron chi connectivity index (χ1n) is 20.0. The SMILES string of the molecule is CC(=O)[O-].CC(=O)[O-].CC(C)(C)c1cc(C=N[C@@H]2CCCC[C@H]2N=Cc2cc(C(C)(C)C)cc(C[NH+]3CCCCC3)c2[O-])c([O-])c(CN2CCCCC2)c1.[Co+3]. The van der Waals surface area contributed by atoms with Gasteiger partial charge in [0.05, 0.1) is 25.2 Å². The van der Waals surface area contributed by atoms with Crippen LogP contribution in [0.25, 0.3) is 0 Å². The molecule has 306 valence electrons. The Morgan fingerprint density at radius 2 is 1.09 bits per heavy atom. The standard InChI is InChI=1S/C40H60N4O2.2C2H4O2.Co/c1-39(2,3)33-21-29(37(45)31(23-33)27-43-17-11-7-12-18-43)25-41-35-15-9-10-16-36(35)42-26-30-22-34(40(4,5)6)24-32(38(30)46)28-44-19-13-8-14-20-44;2*1-2(3)4;/h21-26,35-36,45-46H,7-20,27-28H2,1-6H3;2*1H3,(H,3,4);/q;;;+3/p-3/t35-,36-;;;/m1.../s1. The molecule has 2 atom stereocenters. The van der Waals surface area contributed by atoms with Gasteiger partial charge in [-0.05, 0) is 116 Å². The second kappa shape index (κ2) is 22.5. The van der Waals surface area contributed by atoms with Crippen molar-refractivity contribution in [3.05, 3.63) is 57.6 Å². The first kappa shape index (κ1) is 47.9. The van der Waals surface area contributed by atoms with Gasteiger partial charge in [0.15, 0.2) is 0 Å². The monoisotopic (exact) mass is 804 g/mol. The van der Waals surface area contributed by atoms with Crippen molar-refractivity contribution in [1.29, 1.82) is 0 Å². The summed E-state index contributed by atoms with van der Waals surface area (Å²) >= 11 is 0. The fourth-order valence-electron chi connectivity index (χ4n) is 7.38. The second-order valence-corrected chi connectivity index (χ2v) is 17.4. The molecule has 0 amide bonds. The van der Waals surface area contributed by atoms with E-state index in [0.29, 0.717) is 17.7 Å². The van der Waals surface area contributed by atoms with Crippen molar-refractivity contribution < 1.29 is 51.7 Å². The van der Waals surface area contributed by atoms with E-state index in [9.17, 15) is 10.2 Å². The van der Waals surface area contributed by atoms with Crippen LogP contribution < -0.4 is 25.3 Å². The van der Waals surface area contributed by atoms with Gasteiger partial charge >= 0.3 is 16.8 Å². The maximum Gasteiger partial charge on any atom is 3.00 e. The van der Waals surface area contributed by atoms with Crippen LogP contribution in [0.2, 0.25) is 0 Å². The second-order valence-electron chi connectivity index (χ2n) is 17.4. The number of benzene rings is 2. The van der Waals surface area contributed by atoms with Crippen LogP contribution in [0.5, 0.6) is 11.5 Å². The van der Waals surface area contributed by atoms with Gasteiger partial charge in [-0.2, -0.15) is 0 Å². The maximum atomic E-state index is 13.7. The predicted octanol–water partition coefficient (Wildman–Crippen LogP) is 3.34. The van der Waals surface area contributed by atoms with Crippen molar-refractivity contribution in [3.63, 3.8) is 0 Å². The van der Waals surface area contributed by atoms with E-state index in [-0.39, 0.29) is 51.2 Å². The molecule has 3 aliphatic rings. The van der Waals surface area contributed by atoms with E-state index in [4.69, 9.17) is 29.8 Å². The normalized spacial score (nSPS) is 19.9. The number of aliphatic carboxylic acids is 2. The zero-order valence-corrected chi connectivity index (χ0v) is 35.6. The molecule has 0 spiro atoms. The largest absolute Gasteiger partial charge is 3.00 e. The van der Waals surface area contributed by atoms with E-state index < -0.39 is 11.9 Å². The molecule has 2 heterocycles. The van der Waals surface area contributed by atoms with Crippen molar-refractivity contribution in [1.82, 2.24) is 4.90 Å². The Bertz CT molecular complexity index is 1460. The van der Waals surface area contributed by atoms with Crippen molar-refractivity contribution in [2.45, 2.75) is 156 Å². The number of carbonyl (C=O) groups is 2. The molecule has 55 heavy (non-hydrogen) atoms. The smallest absolute Gasteiger partial charge is 0.872 e. The average molecular weight is 805 g/mol. The number of quaternary nitrogens is 1. The van der Waals surface area contributed by atoms with Crippen molar-refractivity contribution in [2.75, 3.05) is 26.2 Å². The molecule has 0 bridgehead atoms. The Kier molecular flexibility index (Phi) is 19.6. The van der Waals surface area contributed by atoms with Gasteiger partial charge in [0, 0.05) is 30.9 Å². The Labute approximate surface area is 340 Å². The molecule has 1 saturated carbocycles. The number of hydrogen-bond donors (Lipinski definition) is 1. The number of likely N-dealkylation sites (tertiary alicyclic amines) is 2. The van der Waals surface area contributed by atoms with Gasteiger partial charge in [-0.1, -0.05) is 96.6 Å². The molecule has 0 radical (unpaired) electrons. The molecule has 1 aliphatic carbocycles. The molecule has 5 rings (SSSR count). The third-order valence-corrected chi connectivity index (χ3v) is 10.5. The molecule has 2 saturated heterocycles. The third kappa shape index (κ3) is 16.4. The Morgan fingerprint density at radius 1 is 0.691 bits per heavy atom. The van der Waals surface area contributed by atoms with Gasteiger partial charge in [0.1, 0.15) is 6.54 Å². The first-order chi connectivity index (χ1) is 25.3. The van der Waals surface area contributed by atoms with Crippen molar-refractivity contribution in [2.24, 2.45) is 9.98 Å². The van der Waals surface area contributed by atoms with E-state index in [1.807, 2.05) is 12.4 Å². The first-order valence-corrected chi connectivity index (χ1v) is 20.0. The van der Waals surface area contributed by atoms with Crippen LogP contribution in [0.4, 0.5) is 0 Å². The summed E-state index contributed by atoms with van der Waals surface area (Å²) in [5, 5.41) is 45.2. The van der Waals surface area contributed by atoms with Crippen molar-refractivity contribution in [3.8, 4) is 11.5 Å². The fraction of sp³-hybridized carbons (Fsp3) is 0.636. The maximum absolute atomic E-state index is 13.7. The predicted molar refractivity (Wildman–Crippen MR) is 209 cm³/mol. The van der Waals surface area contributed by atoms with E-state index in [1.165, 1.54) is 54.6 Å². The minimum absolute atomic E-state index is 0. The zero-order chi connectivity index (χ0) is 40.1. The van der Waals surface area contributed by atoms with Gasteiger partial charge in [0.25, 0.3) is 0 Å². The number of nitrogens with one attached hydrogen (secondary N) is 1. The van der Waals surface area contributed by atoms with Gasteiger partial charge in [-0.25, -0.2) is 0 Å². The van der Waals surface area contributed by atoms with Crippen LogP contribution in [-0.4, -0.2) is 67.5 Å². The molecular formula is C44H65CoN4O6. The number of carboxylic acid groups (broad SMARTS) is 2. The number of carboxylic acids is 2. The summed E-state index contributed by atoms with van der Waals surface area (Å²) in [5.74, 6) is -1.93. The molecule has 2 aromatic rings. The number of nitrogens with zero attached hydrogens (tertiary/aromatic N) is 3. The minimum atomic E-state index is -1.08. The van der Waals surface area contributed by atoms with Gasteiger partial charge < -0.3 is 34.9 Å².